The molecule has 0 saturated heterocycles. The van der Waals surface area contributed by atoms with Crippen LogP contribution in [0.4, 0.5) is 5.69 Å². The maximum atomic E-state index is 12.1. The maximum Gasteiger partial charge on any atom is 0.255 e. The lowest BCUT2D eigenvalue weighted by Gasteiger charge is -2.11. The van der Waals surface area contributed by atoms with Crippen LogP contribution < -0.4 is 14.2 Å². The fraction of sp³-hybridized carbons (Fsp3) is 0.176. The van der Waals surface area contributed by atoms with Crippen LogP contribution in [-0.4, -0.2) is 22.1 Å². The summed E-state index contributed by atoms with van der Waals surface area (Å²) in [5.74, 6) is 1.04. The highest BCUT2D eigenvalue weighted by Crippen LogP contribution is 2.30. The van der Waals surface area contributed by atoms with Crippen LogP contribution in [0, 0.1) is 0 Å². The number of rotatable bonds is 7. The Morgan fingerprint density at radius 1 is 1.09 bits per heavy atom. The smallest absolute Gasteiger partial charge is 0.255 e. The topological polar surface area (TPSA) is 64.6 Å². The third-order valence-corrected chi connectivity index (χ3v) is 3.98. The molecule has 0 fully saturated rings. The fourth-order valence-corrected chi connectivity index (χ4v) is 2.80. The SMILES string of the molecule is CCOc1ccc(NS(=O)(=O)/C=C/c2ccccc2)cc1OC. The van der Waals surface area contributed by atoms with Crippen molar-refractivity contribution in [3.05, 3.63) is 59.5 Å². The third kappa shape index (κ3) is 5.03. The van der Waals surface area contributed by atoms with Crippen molar-refractivity contribution in [1.29, 1.82) is 0 Å². The molecule has 23 heavy (non-hydrogen) atoms. The monoisotopic (exact) mass is 333 g/mol. The van der Waals surface area contributed by atoms with E-state index in [2.05, 4.69) is 4.72 Å². The lowest BCUT2D eigenvalue weighted by molar-refractivity contribution is 0.311. The van der Waals surface area contributed by atoms with Gasteiger partial charge >= 0.3 is 0 Å². The van der Waals surface area contributed by atoms with Crippen molar-refractivity contribution in [1.82, 2.24) is 0 Å². The molecule has 0 aliphatic carbocycles. The highest BCUT2D eigenvalue weighted by atomic mass is 32.2. The Hall–Kier alpha value is -2.47. The summed E-state index contributed by atoms with van der Waals surface area (Å²) in [7, 11) is -2.10. The Bertz CT molecular complexity index is 770. The van der Waals surface area contributed by atoms with Crippen LogP contribution in [0.1, 0.15) is 12.5 Å². The maximum absolute atomic E-state index is 12.1. The summed E-state index contributed by atoms with van der Waals surface area (Å²) in [4.78, 5) is 0. The molecule has 0 saturated carbocycles. The number of benzene rings is 2. The van der Waals surface area contributed by atoms with Gasteiger partial charge in [-0.05, 0) is 30.7 Å². The van der Waals surface area contributed by atoms with E-state index in [0.29, 0.717) is 23.8 Å². The molecular formula is C17H19NO4S. The molecule has 2 aromatic carbocycles. The van der Waals surface area contributed by atoms with E-state index >= 15 is 0 Å². The standard InChI is InChI=1S/C17H19NO4S/c1-3-22-16-10-9-15(13-17(16)21-2)18-23(19,20)12-11-14-7-5-4-6-8-14/h4-13,18H,3H2,1-2H3/b12-11+. The van der Waals surface area contributed by atoms with Gasteiger partial charge in [0.05, 0.1) is 24.8 Å². The van der Waals surface area contributed by atoms with Gasteiger partial charge in [-0.15, -0.1) is 0 Å². The summed E-state index contributed by atoms with van der Waals surface area (Å²) in [6, 6.07) is 14.1. The van der Waals surface area contributed by atoms with Gasteiger partial charge < -0.3 is 9.47 Å². The molecule has 0 bridgehead atoms. The average Bonchev–Trinajstić information content (AvgIpc) is 2.55. The number of hydrogen-bond acceptors (Lipinski definition) is 4. The van der Waals surface area contributed by atoms with Crippen LogP contribution in [-0.2, 0) is 10.0 Å². The zero-order chi connectivity index (χ0) is 16.7. The van der Waals surface area contributed by atoms with E-state index in [1.54, 1.807) is 18.2 Å². The molecule has 0 atom stereocenters. The van der Waals surface area contributed by atoms with E-state index < -0.39 is 10.0 Å². The Labute approximate surface area is 136 Å². The highest BCUT2D eigenvalue weighted by molar-refractivity contribution is 7.95. The van der Waals surface area contributed by atoms with E-state index in [1.165, 1.54) is 13.2 Å². The molecule has 5 nitrogen and oxygen atoms in total. The summed E-state index contributed by atoms with van der Waals surface area (Å²) in [5, 5.41) is 1.13. The first-order chi connectivity index (χ1) is 11.0. The summed E-state index contributed by atoms with van der Waals surface area (Å²) < 4.78 is 37.3. The van der Waals surface area contributed by atoms with Gasteiger partial charge in [-0.3, -0.25) is 4.72 Å². The Kier molecular flexibility index (Phi) is 5.65. The number of ether oxygens (including phenoxy) is 2. The summed E-state index contributed by atoms with van der Waals surface area (Å²) >= 11 is 0. The number of anilines is 1. The predicted molar refractivity (Wildman–Crippen MR) is 92.2 cm³/mol. The highest BCUT2D eigenvalue weighted by Gasteiger charge is 2.10. The minimum absolute atomic E-state index is 0.406. The first kappa shape index (κ1) is 16.9. The number of nitrogens with one attached hydrogen (secondary N) is 1. The van der Waals surface area contributed by atoms with E-state index in [4.69, 9.17) is 9.47 Å². The van der Waals surface area contributed by atoms with Crippen molar-refractivity contribution in [2.45, 2.75) is 6.92 Å². The van der Waals surface area contributed by atoms with Crippen LogP contribution in [0.5, 0.6) is 11.5 Å². The Morgan fingerprint density at radius 3 is 2.48 bits per heavy atom. The normalized spacial score (nSPS) is 11.4. The van der Waals surface area contributed by atoms with E-state index in [1.807, 2.05) is 37.3 Å². The van der Waals surface area contributed by atoms with Gasteiger partial charge in [0.2, 0.25) is 0 Å². The lowest BCUT2D eigenvalue weighted by Crippen LogP contribution is -2.09. The second-order valence-electron chi connectivity index (χ2n) is 4.66. The van der Waals surface area contributed by atoms with Crippen molar-refractivity contribution < 1.29 is 17.9 Å². The molecule has 0 amide bonds. The average molecular weight is 333 g/mol. The van der Waals surface area contributed by atoms with Crippen LogP contribution in [0.25, 0.3) is 6.08 Å². The minimum atomic E-state index is -3.61. The van der Waals surface area contributed by atoms with E-state index in [0.717, 1.165) is 11.0 Å². The molecule has 0 radical (unpaired) electrons. The van der Waals surface area contributed by atoms with Crippen LogP contribution in [0.15, 0.2) is 53.9 Å². The van der Waals surface area contributed by atoms with Gasteiger partial charge in [-0.25, -0.2) is 8.42 Å². The van der Waals surface area contributed by atoms with Gasteiger partial charge in [0.1, 0.15) is 0 Å². The summed E-state index contributed by atoms with van der Waals surface area (Å²) in [6.45, 7) is 2.37. The van der Waals surface area contributed by atoms with E-state index in [-0.39, 0.29) is 0 Å². The molecule has 2 aromatic rings. The van der Waals surface area contributed by atoms with Crippen molar-refractivity contribution in [2.24, 2.45) is 0 Å². The fourth-order valence-electron chi connectivity index (χ4n) is 1.94. The molecule has 6 heteroatoms. The van der Waals surface area contributed by atoms with Crippen molar-refractivity contribution in [3.63, 3.8) is 0 Å². The molecule has 0 aliphatic rings. The molecule has 122 valence electrons. The molecule has 0 spiro atoms. The second kappa shape index (κ2) is 7.69. The van der Waals surface area contributed by atoms with E-state index in [9.17, 15) is 8.42 Å². The Balaban J connectivity index is 2.15. The zero-order valence-corrected chi connectivity index (χ0v) is 13.8. The lowest BCUT2D eigenvalue weighted by atomic mass is 10.2. The molecule has 0 aromatic heterocycles. The molecule has 1 N–H and O–H groups in total. The van der Waals surface area contributed by atoms with Gasteiger partial charge in [-0.1, -0.05) is 30.3 Å². The quantitative estimate of drug-likeness (QED) is 0.842. The van der Waals surface area contributed by atoms with Crippen LogP contribution in [0.3, 0.4) is 0 Å². The summed E-state index contributed by atoms with van der Waals surface area (Å²) in [5.41, 5.74) is 1.21. The molecule has 0 aliphatic heterocycles. The number of sulfonamides is 1. The minimum Gasteiger partial charge on any atom is -0.493 e. The second-order valence-corrected chi connectivity index (χ2v) is 6.23. The Morgan fingerprint density at radius 2 is 1.83 bits per heavy atom. The number of methoxy groups -OCH3 is 1. The zero-order valence-electron chi connectivity index (χ0n) is 13.0. The first-order valence-corrected chi connectivity index (χ1v) is 8.65. The van der Waals surface area contributed by atoms with Gasteiger partial charge in [0.15, 0.2) is 11.5 Å². The number of hydrogen-bond donors (Lipinski definition) is 1. The molecular weight excluding hydrogens is 314 g/mol. The van der Waals surface area contributed by atoms with Crippen molar-refractivity contribution >= 4 is 21.8 Å². The first-order valence-electron chi connectivity index (χ1n) is 7.11. The van der Waals surface area contributed by atoms with Crippen LogP contribution in [0.2, 0.25) is 0 Å². The van der Waals surface area contributed by atoms with Gasteiger partial charge in [-0.2, -0.15) is 0 Å². The van der Waals surface area contributed by atoms with Gasteiger partial charge in [0.25, 0.3) is 10.0 Å². The predicted octanol–water partition coefficient (Wildman–Crippen LogP) is 3.51. The summed E-state index contributed by atoms with van der Waals surface area (Å²) in [6.07, 6.45) is 1.54. The third-order valence-electron chi connectivity index (χ3n) is 2.96. The molecule has 2 rings (SSSR count). The molecule has 0 heterocycles. The van der Waals surface area contributed by atoms with Crippen molar-refractivity contribution in [3.8, 4) is 11.5 Å². The van der Waals surface area contributed by atoms with Crippen LogP contribution >= 0.6 is 0 Å². The largest absolute Gasteiger partial charge is 0.493 e. The van der Waals surface area contributed by atoms with Gasteiger partial charge in [0, 0.05) is 6.07 Å². The molecule has 0 unspecified atom stereocenters. The van der Waals surface area contributed by atoms with Crippen molar-refractivity contribution in [2.75, 3.05) is 18.4 Å².